The summed E-state index contributed by atoms with van der Waals surface area (Å²) < 4.78 is 26.4. The van der Waals surface area contributed by atoms with Crippen LogP contribution >= 0.6 is 0 Å². The van der Waals surface area contributed by atoms with Crippen LogP contribution < -0.4 is 4.72 Å². The molecule has 5 heteroatoms. The Labute approximate surface area is 127 Å². The van der Waals surface area contributed by atoms with E-state index in [0.29, 0.717) is 0 Å². The molecule has 0 bridgehead atoms. The third kappa shape index (κ3) is 5.16. The first kappa shape index (κ1) is 16.0. The summed E-state index contributed by atoms with van der Waals surface area (Å²) in [5.74, 6) is 0.747. The van der Waals surface area contributed by atoms with E-state index in [1.165, 1.54) is 38.4 Å². The first-order valence-corrected chi connectivity index (χ1v) is 9.15. The zero-order chi connectivity index (χ0) is 15.1. The van der Waals surface area contributed by atoms with Gasteiger partial charge in [0.05, 0.1) is 11.2 Å². The van der Waals surface area contributed by atoms with Gasteiger partial charge < -0.3 is 0 Å². The number of hydrogen-bond donors (Lipinski definition) is 1. The summed E-state index contributed by atoms with van der Waals surface area (Å²) in [5.41, 5.74) is 0. The van der Waals surface area contributed by atoms with E-state index in [2.05, 4.69) is 9.71 Å². The molecule has 1 aliphatic rings. The van der Waals surface area contributed by atoms with Gasteiger partial charge in [0.15, 0.2) is 0 Å². The van der Waals surface area contributed by atoms with Crippen LogP contribution in [0, 0.1) is 5.92 Å². The fourth-order valence-electron chi connectivity index (χ4n) is 2.86. The van der Waals surface area contributed by atoms with Crippen molar-refractivity contribution in [2.45, 2.75) is 56.4 Å². The summed E-state index contributed by atoms with van der Waals surface area (Å²) in [5, 5.41) is 0. The number of nitrogens with one attached hydrogen (secondary N) is 1. The van der Waals surface area contributed by atoms with Crippen molar-refractivity contribution >= 4 is 16.4 Å². The topological polar surface area (TPSA) is 58.5 Å². The minimum Gasteiger partial charge on any atom is -0.272 e. The molecule has 0 heterocycles. The lowest BCUT2D eigenvalue weighted by Crippen LogP contribution is -2.23. The van der Waals surface area contributed by atoms with Crippen LogP contribution in [0.25, 0.3) is 0 Å². The third-order valence-electron chi connectivity index (χ3n) is 3.99. The molecule has 1 saturated carbocycles. The molecule has 0 aliphatic heterocycles. The quantitative estimate of drug-likeness (QED) is 0.647. The summed E-state index contributed by atoms with van der Waals surface area (Å²) in [6, 6.07) is 8.50. The van der Waals surface area contributed by atoms with E-state index >= 15 is 0 Å². The first-order chi connectivity index (χ1) is 10.1. The zero-order valence-corrected chi connectivity index (χ0v) is 13.3. The van der Waals surface area contributed by atoms with Gasteiger partial charge in [0.25, 0.3) is 10.0 Å². The smallest absolute Gasteiger partial charge is 0.262 e. The van der Waals surface area contributed by atoms with Crippen LogP contribution in [-0.2, 0) is 10.0 Å². The Bertz CT molecular complexity index is 549. The Morgan fingerprint density at radius 2 is 1.90 bits per heavy atom. The van der Waals surface area contributed by atoms with Crippen molar-refractivity contribution in [3.05, 3.63) is 30.3 Å². The first-order valence-electron chi connectivity index (χ1n) is 7.67. The van der Waals surface area contributed by atoms with Crippen molar-refractivity contribution in [1.82, 2.24) is 4.72 Å². The second-order valence-corrected chi connectivity index (χ2v) is 7.52. The molecule has 0 amide bonds. The molecule has 116 valence electrons. The van der Waals surface area contributed by atoms with Crippen LogP contribution in [0.2, 0.25) is 0 Å². The Hall–Kier alpha value is -1.36. The van der Waals surface area contributed by atoms with Gasteiger partial charge in [0.2, 0.25) is 0 Å². The van der Waals surface area contributed by atoms with Gasteiger partial charge in [-0.05, 0) is 31.4 Å². The number of rotatable bonds is 6. The molecule has 4 nitrogen and oxygen atoms in total. The van der Waals surface area contributed by atoms with E-state index in [9.17, 15) is 8.42 Å². The average Bonchev–Trinajstić information content (AvgIpc) is 2.49. The molecule has 1 N–H and O–H groups in total. The average molecular weight is 308 g/mol. The number of aliphatic imine (C=N–C) groups is 1. The van der Waals surface area contributed by atoms with E-state index in [4.69, 9.17) is 0 Å². The number of nitrogens with zero attached hydrogens (tertiary/aromatic N) is 1. The highest BCUT2D eigenvalue weighted by Gasteiger charge is 2.16. The SMILES string of the molecule is CC(CC1CCCCC1)N=CNS(=O)(=O)c1ccccc1. The highest BCUT2D eigenvalue weighted by molar-refractivity contribution is 7.90. The van der Waals surface area contributed by atoms with Crippen LogP contribution in [-0.4, -0.2) is 20.8 Å². The summed E-state index contributed by atoms with van der Waals surface area (Å²) in [7, 11) is -3.49. The number of sulfonamides is 1. The molecule has 1 aromatic rings. The van der Waals surface area contributed by atoms with Crippen molar-refractivity contribution in [3.8, 4) is 0 Å². The fourth-order valence-corrected chi connectivity index (χ4v) is 3.71. The standard InChI is InChI=1S/C16H24N2O2S/c1-14(12-15-8-4-2-5-9-15)17-13-18-21(19,20)16-10-6-3-7-11-16/h3,6-7,10-11,13-15H,2,4-5,8-9,12H2,1H3,(H,17,18). The zero-order valence-electron chi connectivity index (χ0n) is 12.5. The van der Waals surface area contributed by atoms with Crippen molar-refractivity contribution in [2.24, 2.45) is 10.9 Å². The minimum atomic E-state index is -3.49. The molecule has 1 aromatic carbocycles. The number of hydrogen-bond acceptors (Lipinski definition) is 3. The van der Waals surface area contributed by atoms with Crippen molar-refractivity contribution in [1.29, 1.82) is 0 Å². The maximum Gasteiger partial charge on any atom is 0.262 e. The highest BCUT2D eigenvalue weighted by Crippen LogP contribution is 2.27. The molecule has 21 heavy (non-hydrogen) atoms. The maximum absolute atomic E-state index is 12.0. The Morgan fingerprint density at radius 3 is 2.57 bits per heavy atom. The Morgan fingerprint density at radius 1 is 1.24 bits per heavy atom. The van der Waals surface area contributed by atoms with Gasteiger partial charge in [-0.25, -0.2) is 8.42 Å². The second-order valence-electron chi connectivity index (χ2n) is 5.80. The van der Waals surface area contributed by atoms with E-state index in [-0.39, 0.29) is 10.9 Å². The fraction of sp³-hybridized carbons (Fsp3) is 0.562. The maximum atomic E-state index is 12.0. The van der Waals surface area contributed by atoms with E-state index < -0.39 is 10.0 Å². The van der Waals surface area contributed by atoms with Crippen LogP contribution in [0.4, 0.5) is 0 Å². The molecule has 0 aromatic heterocycles. The van der Waals surface area contributed by atoms with Crippen LogP contribution in [0.1, 0.15) is 45.4 Å². The van der Waals surface area contributed by atoms with Crippen molar-refractivity contribution < 1.29 is 8.42 Å². The third-order valence-corrected chi connectivity index (χ3v) is 5.30. The van der Waals surface area contributed by atoms with Gasteiger partial charge in [-0.3, -0.25) is 9.71 Å². The van der Waals surface area contributed by atoms with Crippen LogP contribution in [0.15, 0.2) is 40.2 Å². The molecule has 2 rings (SSSR count). The van der Waals surface area contributed by atoms with Crippen molar-refractivity contribution in [3.63, 3.8) is 0 Å². The molecule has 1 aliphatic carbocycles. The molecule has 1 unspecified atom stereocenters. The van der Waals surface area contributed by atoms with Gasteiger partial charge in [-0.1, -0.05) is 50.3 Å². The van der Waals surface area contributed by atoms with Crippen molar-refractivity contribution in [2.75, 3.05) is 0 Å². The molecule has 1 atom stereocenters. The second kappa shape index (κ2) is 7.59. The predicted octanol–water partition coefficient (Wildman–Crippen LogP) is 3.35. The molecule has 0 radical (unpaired) electrons. The summed E-state index contributed by atoms with van der Waals surface area (Å²) in [4.78, 5) is 4.57. The largest absolute Gasteiger partial charge is 0.272 e. The Balaban J connectivity index is 1.83. The monoisotopic (exact) mass is 308 g/mol. The molecule has 0 spiro atoms. The summed E-state index contributed by atoms with van der Waals surface area (Å²) >= 11 is 0. The normalized spacial score (nSPS) is 18.7. The van der Waals surface area contributed by atoms with Gasteiger partial charge in [0.1, 0.15) is 0 Å². The summed E-state index contributed by atoms with van der Waals surface area (Å²) in [6.07, 6.45) is 8.94. The molecule has 0 saturated heterocycles. The minimum absolute atomic E-state index is 0.159. The molecular formula is C16H24N2O2S. The van der Waals surface area contributed by atoms with Gasteiger partial charge in [0, 0.05) is 6.04 Å². The number of benzene rings is 1. The van der Waals surface area contributed by atoms with E-state index in [1.54, 1.807) is 30.3 Å². The van der Waals surface area contributed by atoms with Gasteiger partial charge in [-0.15, -0.1) is 0 Å². The van der Waals surface area contributed by atoms with Gasteiger partial charge >= 0.3 is 0 Å². The van der Waals surface area contributed by atoms with Crippen LogP contribution in [0.3, 0.4) is 0 Å². The van der Waals surface area contributed by atoms with Crippen LogP contribution in [0.5, 0.6) is 0 Å². The molecule has 1 fully saturated rings. The van der Waals surface area contributed by atoms with Gasteiger partial charge in [-0.2, -0.15) is 0 Å². The van der Waals surface area contributed by atoms with E-state index in [0.717, 1.165) is 12.3 Å². The molecular weight excluding hydrogens is 284 g/mol. The van der Waals surface area contributed by atoms with E-state index in [1.807, 2.05) is 6.92 Å². The Kier molecular flexibility index (Phi) is 5.79. The predicted molar refractivity (Wildman–Crippen MR) is 85.9 cm³/mol. The lowest BCUT2D eigenvalue weighted by atomic mass is 9.85. The lowest BCUT2D eigenvalue weighted by molar-refractivity contribution is 0.323. The highest BCUT2D eigenvalue weighted by atomic mass is 32.2. The lowest BCUT2D eigenvalue weighted by Gasteiger charge is -2.22. The summed E-state index contributed by atoms with van der Waals surface area (Å²) in [6.45, 7) is 2.04.